The number of benzene rings is 1. The Morgan fingerprint density at radius 2 is 2.04 bits per heavy atom. The number of urea groups is 1. The van der Waals surface area contributed by atoms with Gasteiger partial charge in [-0.25, -0.2) is 4.79 Å². The first kappa shape index (κ1) is 16.9. The predicted molar refractivity (Wildman–Crippen MR) is 95.2 cm³/mol. The maximum atomic E-state index is 12.6. The summed E-state index contributed by atoms with van der Waals surface area (Å²) in [5.41, 5.74) is 1.27. The van der Waals surface area contributed by atoms with E-state index in [1.54, 1.807) is 0 Å². The summed E-state index contributed by atoms with van der Waals surface area (Å²) >= 11 is 0. The summed E-state index contributed by atoms with van der Waals surface area (Å²) in [6.07, 6.45) is 6.82. The standard InChI is InChI=1S/C20H28N2O3/c23-13-15(12-14-6-2-1-3-7-14)21-19(24)22-17-16-8-11-25-18(16)20(17)9-4-5-10-20/h1-3,6-7,15-18,23H,4-5,8-13H2,(H2,21,22,24)/t15-,16?,17?,18?/m0/s1. The van der Waals surface area contributed by atoms with Crippen LogP contribution in [-0.4, -0.2) is 42.5 Å². The Kier molecular flexibility index (Phi) is 4.69. The maximum absolute atomic E-state index is 12.6. The van der Waals surface area contributed by atoms with Crippen LogP contribution in [0.2, 0.25) is 0 Å². The molecule has 3 unspecified atom stereocenters. The van der Waals surface area contributed by atoms with E-state index in [2.05, 4.69) is 10.6 Å². The van der Waals surface area contributed by atoms with E-state index in [1.807, 2.05) is 30.3 Å². The smallest absolute Gasteiger partial charge is 0.315 e. The third-order valence-electron chi connectivity index (χ3n) is 6.45. The Labute approximate surface area is 149 Å². The lowest BCUT2D eigenvalue weighted by Crippen LogP contribution is -2.69. The molecule has 5 nitrogen and oxygen atoms in total. The topological polar surface area (TPSA) is 70.6 Å². The summed E-state index contributed by atoms with van der Waals surface area (Å²) in [5.74, 6) is 0.463. The highest BCUT2D eigenvalue weighted by Crippen LogP contribution is 2.60. The van der Waals surface area contributed by atoms with Gasteiger partial charge in [-0.15, -0.1) is 0 Å². The van der Waals surface area contributed by atoms with Gasteiger partial charge < -0.3 is 20.5 Å². The van der Waals surface area contributed by atoms with E-state index in [9.17, 15) is 9.90 Å². The number of hydrogen-bond acceptors (Lipinski definition) is 3. The second kappa shape index (κ2) is 6.96. The molecule has 25 heavy (non-hydrogen) atoms. The van der Waals surface area contributed by atoms with Gasteiger partial charge >= 0.3 is 6.03 Å². The van der Waals surface area contributed by atoms with Gasteiger partial charge in [-0.1, -0.05) is 43.2 Å². The van der Waals surface area contributed by atoms with Crippen LogP contribution in [0.5, 0.6) is 0 Å². The number of fused-ring (bicyclic) bond motifs is 2. The molecule has 2 saturated carbocycles. The minimum Gasteiger partial charge on any atom is -0.394 e. The average Bonchev–Trinajstić information content (AvgIpc) is 3.29. The summed E-state index contributed by atoms with van der Waals surface area (Å²) in [6.45, 7) is 0.761. The van der Waals surface area contributed by atoms with Gasteiger partial charge in [0.25, 0.3) is 0 Å². The number of ether oxygens (including phenoxy) is 1. The third kappa shape index (κ3) is 3.04. The van der Waals surface area contributed by atoms with Crippen LogP contribution in [0.3, 0.4) is 0 Å². The Morgan fingerprint density at radius 1 is 1.28 bits per heavy atom. The summed E-state index contributed by atoms with van der Waals surface area (Å²) in [5, 5.41) is 15.8. The van der Waals surface area contributed by atoms with Gasteiger partial charge in [0, 0.05) is 24.0 Å². The number of aliphatic hydroxyl groups is 1. The average molecular weight is 344 g/mol. The first-order chi connectivity index (χ1) is 12.2. The van der Waals surface area contributed by atoms with Crippen molar-refractivity contribution in [3.8, 4) is 0 Å². The minimum absolute atomic E-state index is 0.0622. The normalized spacial score (nSPS) is 30.5. The molecule has 4 rings (SSSR count). The first-order valence-corrected chi connectivity index (χ1v) is 9.56. The van der Waals surface area contributed by atoms with Crippen molar-refractivity contribution in [1.29, 1.82) is 0 Å². The van der Waals surface area contributed by atoms with Crippen LogP contribution >= 0.6 is 0 Å². The molecule has 2 aliphatic carbocycles. The van der Waals surface area contributed by atoms with Crippen LogP contribution < -0.4 is 10.6 Å². The van der Waals surface area contributed by atoms with Gasteiger partial charge in [0.2, 0.25) is 0 Å². The zero-order valence-corrected chi connectivity index (χ0v) is 14.6. The summed E-state index contributed by atoms with van der Waals surface area (Å²) < 4.78 is 5.97. The van der Waals surface area contributed by atoms with Crippen LogP contribution in [0.1, 0.15) is 37.7 Å². The summed E-state index contributed by atoms with van der Waals surface area (Å²) in [7, 11) is 0. The number of nitrogens with one attached hydrogen (secondary N) is 2. The maximum Gasteiger partial charge on any atom is 0.315 e. The molecule has 2 amide bonds. The largest absolute Gasteiger partial charge is 0.394 e. The molecule has 3 fully saturated rings. The highest BCUT2D eigenvalue weighted by molar-refractivity contribution is 5.75. The molecule has 1 aromatic rings. The molecule has 4 atom stereocenters. The molecule has 3 aliphatic rings. The van der Waals surface area contributed by atoms with Gasteiger partial charge in [-0.05, 0) is 31.2 Å². The van der Waals surface area contributed by atoms with Crippen molar-refractivity contribution in [3.05, 3.63) is 35.9 Å². The molecule has 0 radical (unpaired) electrons. The number of rotatable bonds is 5. The van der Waals surface area contributed by atoms with Gasteiger partial charge in [-0.3, -0.25) is 0 Å². The van der Waals surface area contributed by atoms with Gasteiger partial charge in [0.15, 0.2) is 0 Å². The summed E-state index contributed by atoms with van der Waals surface area (Å²) in [4.78, 5) is 12.6. The van der Waals surface area contributed by atoms with E-state index in [-0.39, 0.29) is 30.1 Å². The van der Waals surface area contributed by atoms with Crippen LogP contribution in [0, 0.1) is 11.3 Å². The lowest BCUT2D eigenvalue weighted by Gasteiger charge is -2.56. The number of carbonyl (C=O) groups excluding carboxylic acids is 1. The number of aliphatic hydroxyl groups excluding tert-OH is 1. The molecule has 1 saturated heterocycles. The van der Waals surface area contributed by atoms with E-state index in [0.29, 0.717) is 18.4 Å². The highest BCUT2D eigenvalue weighted by Gasteiger charge is 2.65. The van der Waals surface area contributed by atoms with Crippen LogP contribution in [-0.2, 0) is 11.2 Å². The number of hydrogen-bond donors (Lipinski definition) is 3. The molecule has 3 N–H and O–H groups in total. The second-order valence-electron chi connectivity index (χ2n) is 7.85. The van der Waals surface area contributed by atoms with E-state index in [0.717, 1.165) is 31.4 Å². The Balaban J connectivity index is 1.36. The lowest BCUT2D eigenvalue weighted by atomic mass is 9.54. The molecule has 1 heterocycles. The predicted octanol–water partition coefficient (Wildman–Crippen LogP) is 2.24. The molecular formula is C20H28N2O3. The van der Waals surface area contributed by atoms with Crippen molar-refractivity contribution < 1.29 is 14.6 Å². The van der Waals surface area contributed by atoms with Crippen molar-refractivity contribution >= 4 is 6.03 Å². The van der Waals surface area contributed by atoms with Gasteiger partial charge in [0.05, 0.1) is 18.8 Å². The van der Waals surface area contributed by atoms with Gasteiger partial charge in [-0.2, -0.15) is 0 Å². The summed E-state index contributed by atoms with van der Waals surface area (Å²) in [6, 6.07) is 9.75. The molecule has 1 aromatic carbocycles. The zero-order chi connectivity index (χ0) is 17.3. The molecule has 0 bridgehead atoms. The van der Waals surface area contributed by atoms with Crippen molar-refractivity contribution in [3.63, 3.8) is 0 Å². The molecule has 1 aliphatic heterocycles. The van der Waals surface area contributed by atoms with E-state index < -0.39 is 0 Å². The van der Waals surface area contributed by atoms with Crippen LogP contribution in [0.25, 0.3) is 0 Å². The van der Waals surface area contributed by atoms with Crippen molar-refractivity contribution in [1.82, 2.24) is 10.6 Å². The molecule has 1 spiro atoms. The zero-order valence-electron chi connectivity index (χ0n) is 14.6. The van der Waals surface area contributed by atoms with E-state index in [1.165, 1.54) is 12.8 Å². The second-order valence-corrected chi connectivity index (χ2v) is 7.85. The van der Waals surface area contributed by atoms with Crippen molar-refractivity contribution in [2.75, 3.05) is 13.2 Å². The Morgan fingerprint density at radius 3 is 2.76 bits per heavy atom. The number of amides is 2. The van der Waals surface area contributed by atoms with Crippen LogP contribution in [0.4, 0.5) is 4.79 Å². The lowest BCUT2D eigenvalue weighted by molar-refractivity contribution is -0.126. The van der Waals surface area contributed by atoms with Crippen LogP contribution in [0.15, 0.2) is 30.3 Å². The van der Waals surface area contributed by atoms with E-state index in [4.69, 9.17) is 4.74 Å². The Hall–Kier alpha value is -1.59. The van der Waals surface area contributed by atoms with Crippen molar-refractivity contribution in [2.24, 2.45) is 11.3 Å². The van der Waals surface area contributed by atoms with Crippen molar-refractivity contribution in [2.45, 2.75) is 56.7 Å². The van der Waals surface area contributed by atoms with Gasteiger partial charge in [0.1, 0.15) is 0 Å². The Bertz CT molecular complexity index is 600. The molecular weight excluding hydrogens is 316 g/mol. The number of carbonyl (C=O) groups is 1. The third-order valence-corrected chi connectivity index (χ3v) is 6.45. The molecule has 136 valence electrons. The minimum atomic E-state index is -0.266. The molecule has 0 aromatic heterocycles. The SMILES string of the molecule is O=C(NC1C2CCOC2C12CCCC2)N[C@H](CO)Cc1ccccc1. The fraction of sp³-hybridized carbons (Fsp3) is 0.650. The quantitative estimate of drug-likeness (QED) is 0.767. The fourth-order valence-electron chi connectivity index (χ4n) is 5.33. The van der Waals surface area contributed by atoms with E-state index >= 15 is 0 Å². The first-order valence-electron chi connectivity index (χ1n) is 9.56. The monoisotopic (exact) mass is 344 g/mol. The highest BCUT2D eigenvalue weighted by atomic mass is 16.5. The fourth-order valence-corrected chi connectivity index (χ4v) is 5.33. The molecule has 5 heteroatoms.